The smallest absolute Gasteiger partial charge is 0.408 e. The molecular formula is C24H29N3O5. The summed E-state index contributed by atoms with van der Waals surface area (Å²) in [7, 11) is 0. The third kappa shape index (κ3) is 6.55. The Bertz CT molecular complexity index is 906. The lowest BCUT2D eigenvalue weighted by Crippen LogP contribution is -2.71. The van der Waals surface area contributed by atoms with Crippen molar-refractivity contribution in [3.63, 3.8) is 0 Å². The second-order valence-corrected chi connectivity index (χ2v) is 7.72. The molecule has 3 amide bonds. The zero-order chi connectivity index (χ0) is 22.9. The molecule has 1 aliphatic heterocycles. The van der Waals surface area contributed by atoms with Crippen molar-refractivity contribution in [2.45, 2.75) is 57.7 Å². The topological polar surface area (TPSA) is 106 Å². The Labute approximate surface area is 187 Å². The summed E-state index contributed by atoms with van der Waals surface area (Å²) < 4.78 is 11.0. The Kier molecular flexibility index (Phi) is 8.21. The van der Waals surface area contributed by atoms with Crippen molar-refractivity contribution in [3.8, 4) is 0 Å². The van der Waals surface area contributed by atoms with Crippen molar-refractivity contribution in [2.24, 2.45) is 0 Å². The van der Waals surface area contributed by atoms with Crippen LogP contribution in [-0.4, -0.2) is 42.3 Å². The van der Waals surface area contributed by atoms with Crippen LogP contribution in [0.4, 0.5) is 4.79 Å². The van der Waals surface area contributed by atoms with Crippen molar-refractivity contribution < 1.29 is 23.9 Å². The van der Waals surface area contributed by atoms with E-state index in [0.29, 0.717) is 0 Å². The second kappa shape index (κ2) is 11.3. The zero-order valence-corrected chi connectivity index (χ0v) is 18.2. The number of hydrogen-bond donors (Lipinski definition) is 3. The molecule has 0 saturated carbocycles. The maximum Gasteiger partial charge on any atom is 0.408 e. The lowest BCUT2D eigenvalue weighted by atomic mass is 10.0. The lowest BCUT2D eigenvalue weighted by molar-refractivity contribution is -0.155. The highest BCUT2D eigenvalue weighted by molar-refractivity contribution is 5.95. The molecule has 2 aromatic carbocycles. The van der Waals surface area contributed by atoms with Gasteiger partial charge in [-0.1, -0.05) is 67.6 Å². The van der Waals surface area contributed by atoms with Crippen molar-refractivity contribution in [1.82, 2.24) is 16.0 Å². The summed E-state index contributed by atoms with van der Waals surface area (Å²) in [5.74, 6) is -0.806. The van der Waals surface area contributed by atoms with E-state index in [4.69, 9.17) is 9.47 Å². The molecule has 1 unspecified atom stereocenters. The van der Waals surface area contributed by atoms with Gasteiger partial charge in [0, 0.05) is 6.42 Å². The normalized spacial score (nSPS) is 19.1. The number of nitrogens with one attached hydrogen (secondary N) is 3. The monoisotopic (exact) mass is 439 g/mol. The molecule has 1 saturated heterocycles. The first-order valence-corrected chi connectivity index (χ1v) is 10.7. The maximum absolute atomic E-state index is 13.0. The quantitative estimate of drug-likeness (QED) is 0.493. The van der Waals surface area contributed by atoms with Gasteiger partial charge in [-0.25, -0.2) is 4.79 Å². The van der Waals surface area contributed by atoms with Crippen LogP contribution in [0.15, 0.2) is 60.7 Å². The first-order valence-electron chi connectivity index (χ1n) is 10.7. The molecule has 0 radical (unpaired) electrons. The largest absolute Gasteiger partial charge is 0.445 e. The lowest BCUT2D eigenvalue weighted by Gasteiger charge is -2.38. The number of carbonyl (C=O) groups is 3. The molecule has 0 bridgehead atoms. The van der Waals surface area contributed by atoms with E-state index in [-0.39, 0.29) is 25.0 Å². The molecule has 1 fully saturated rings. The number of amides is 3. The number of alkyl carbamates (subject to hydrolysis) is 1. The van der Waals surface area contributed by atoms with E-state index in [2.05, 4.69) is 16.0 Å². The molecule has 8 nitrogen and oxygen atoms in total. The van der Waals surface area contributed by atoms with E-state index in [9.17, 15) is 14.4 Å². The molecule has 3 N–H and O–H groups in total. The van der Waals surface area contributed by atoms with E-state index in [1.54, 1.807) is 0 Å². The molecule has 4 atom stereocenters. The average Bonchev–Trinajstić information content (AvgIpc) is 2.81. The number of benzene rings is 2. The summed E-state index contributed by atoms with van der Waals surface area (Å²) in [4.78, 5) is 37.4. The Morgan fingerprint density at radius 1 is 1.03 bits per heavy atom. The van der Waals surface area contributed by atoms with Gasteiger partial charge >= 0.3 is 6.09 Å². The van der Waals surface area contributed by atoms with E-state index in [1.165, 1.54) is 0 Å². The van der Waals surface area contributed by atoms with Gasteiger partial charge in [0.15, 0.2) is 12.3 Å². The van der Waals surface area contributed by atoms with Gasteiger partial charge in [0.05, 0.1) is 6.10 Å². The second-order valence-electron chi connectivity index (χ2n) is 7.72. The Morgan fingerprint density at radius 3 is 2.25 bits per heavy atom. The fourth-order valence-corrected chi connectivity index (χ4v) is 3.17. The fraction of sp³-hybridized carbons (Fsp3) is 0.375. The van der Waals surface area contributed by atoms with Gasteiger partial charge in [0.25, 0.3) is 0 Å². The summed E-state index contributed by atoms with van der Waals surface area (Å²) in [5, 5.41) is 7.97. The molecule has 1 aliphatic rings. The van der Waals surface area contributed by atoms with Crippen LogP contribution in [0, 0.1) is 0 Å². The average molecular weight is 440 g/mol. The van der Waals surface area contributed by atoms with Gasteiger partial charge in [-0.2, -0.15) is 0 Å². The minimum Gasteiger partial charge on any atom is -0.445 e. The molecule has 0 spiro atoms. The predicted octanol–water partition coefficient (Wildman–Crippen LogP) is 2.28. The molecule has 170 valence electrons. The van der Waals surface area contributed by atoms with Gasteiger partial charge in [-0.15, -0.1) is 0 Å². The molecule has 2 aromatic rings. The summed E-state index contributed by atoms with van der Waals surface area (Å²) >= 11 is 0. The van der Waals surface area contributed by atoms with Gasteiger partial charge in [-0.3, -0.25) is 9.59 Å². The molecule has 0 aromatic heterocycles. The number of β-lactam (4-membered cyclic amide) rings is 1. The van der Waals surface area contributed by atoms with Crippen LogP contribution in [0.25, 0.3) is 0 Å². The van der Waals surface area contributed by atoms with Gasteiger partial charge in [-0.05, 0) is 24.5 Å². The van der Waals surface area contributed by atoms with E-state index >= 15 is 0 Å². The minimum atomic E-state index is -0.918. The first-order chi connectivity index (χ1) is 15.5. The fourth-order valence-electron chi connectivity index (χ4n) is 3.17. The standard InChI is InChI=1S/C24H29N3O5/c1-3-16(2)32-23-20(22(29)27-23)26-21(28)19(14-17-10-6-4-7-11-17)25-24(30)31-15-18-12-8-5-9-13-18/h4-13,16,19-20,23H,3,14-15H2,1-2H3,(H,25,30)(H,26,28)(H,27,29)/t16?,19-,20+,23-/m0/s1. The molecule has 32 heavy (non-hydrogen) atoms. The van der Waals surface area contributed by atoms with Gasteiger partial charge in [0.2, 0.25) is 11.8 Å². The Hall–Kier alpha value is -3.39. The first kappa shape index (κ1) is 23.3. The predicted molar refractivity (Wildman–Crippen MR) is 118 cm³/mol. The van der Waals surface area contributed by atoms with Gasteiger partial charge < -0.3 is 25.4 Å². The highest BCUT2D eigenvalue weighted by Crippen LogP contribution is 2.13. The molecule has 8 heteroatoms. The van der Waals surface area contributed by atoms with Crippen molar-refractivity contribution >= 4 is 17.9 Å². The third-order valence-electron chi connectivity index (χ3n) is 5.23. The third-order valence-corrected chi connectivity index (χ3v) is 5.23. The number of hydrogen-bond acceptors (Lipinski definition) is 5. The maximum atomic E-state index is 13.0. The summed E-state index contributed by atoms with van der Waals surface area (Å²) in [5.41, 5.74) is 1.70. The van der Waals surface area contributed by atoms with E-state index in [1.807, 2.05) is 74.5 Å². The highest BCUT2D eigenvalue weighted by atomic mass is 16.5. The zero-order valence-electron chi connectivity index (χ0n) is 18.2. The van der Waals surface area contributed by atoms with Gasteiger partial charge in [0.1, 0.15) is 12.6 Å². The number of carbonyl (C=O) groups excluding carboxylic acids is 3. The van der Waals surface area contributed by atoms with Crippen LogP contribution in [-0.2, 0) is 32.1 Å². The SMILES string of the molecule is CCC(C)O[C@@H]1NC(=O)[C@H]1NC(=O)[C@H](Cc1ccccc1)NC(=O)OCc1ccccc1. The number of rotatable bonds is 10. The highest BCUT2D eigenvalue weighted by Gasteiger charge is 2.43. The van der Waals surface area contributed by atoms with Crippen LogP contribution in [0.2, 0.25) is 0 Å². The summed E-state index contributed by atoms with van der Waals surface area (Å²) in [6.45, 7) is 3.95. The molecule has 0 aliphatic carbocycles. The van der Waals surface area contributed by atoms with E-state index in [0.717, 1.165) is 17.5 Å². The van der Waals surface area contributed by atoms with Crippen LogP contribution in [0.1, 0.15) is 31.4 Å². The summed E-state index contributed by atoms with van der Waals surface area (Å²) in [6, 6.07) is 16.8. The van der Waals surface area contributed by atoms with Crippen LogP contribution in [0.5, 0.6) is 0 Å². The molecule has 1 heterocycles. The van der Waals surface area contributed by atoms with Crippen LogP contribution in [0.3, 0.4) is 0 Å². The van der Waals surface area contributed by atoms with Crippen molar-refractivity contribution in [1.29, 1.82) is 0 Å². The Balaban J connectivity index is 1.63. The summed E-state index contributed by atoms with van der Waals surface area (Å²) in [6.07, 6.45) is -0.345. The van der Waals surface area contributed by atoms with Crippen LogP contribution >= 0.6 is 0 Å². The minimum absolute atomic E-state index is 0.0637. The Morgan fingerprint density at radius 2 is 1.66 bits per heavy atom. The molecular weight excluding hydrogens is 410 g/mol. The van der Waals surface area contributed by atoms with Crippen molar-refractivity contribution in [2.75, 3.05) is 0 Å². The van der Waals surface area contributed by atoms with Crippen LogP contribution < -0.4 is 16.0 Å². The molecule has 3 rings (SSSR count). The number of ether oxygens (including phenoxy) is 2. The van der Waals surface area contributed by atoms with Crippen molar-refractivity contribution in [3.05, 3.63) is 71.8 Å². The van der Waals surface area contributed by atoms with E-state index < -0.39 is 30.3 Å².